The van der Waals surface area contributed by atoms with Crippen LogP contribution in [-0.4, -0.2) is 42.1 Å². The van der Waals surface area contributed by atoms with E-state index in [9.17, 15) is 4.79 Å². The Morgan fingerprint density at radius 2 is 2.00 bits per heavy atom. The van der Waals surface area contributed by atoms with Crippen LogP contribution in [0.3, 0.4) is 0 Å². The Morgan fingerprint density at radius 1 is 1.14 bits per heavy atom. The van der Waals surface area contributed by atoms with Crippen LogP contribution in [-0.2, 0) is 6.54 Å². The summed E-state index contributed by atoms with van der Waals surface area (Å²) in [5.41, 5.74) is 3.73. The number of hydrogen-bond acceptors (Lipinski definition) is 4. The number of carbonyl (C=O) groups excluding carboxylic acids is 1. The van der Waals surface area contributed by atoms with E-state index in [0.29, 0.717) is 12.1 Å². The Kier molecular flexibility index (Phi) is 4.12. The highest BCUT2D eigenvalue weighted by atomic mass is 16.2. The molecule has 1 saturated heterocycles. The molecule has 4 aromatic rings. The number of para-hydroxylation sites is 2. The molecule has 1 atom stereocenters. The van der Waals surface area contributed by atoms with Crippen molar-refractivity contribution in [2.24, 2.45) is 0 Å². The summed E-state index contributed by atoms with van der Waals surface area (Å²) in [6.07, 6.45) is 5.11. The number of hydrogen-bond donors (Lipinski definition) is 1. The normalized spacial score (nSPS) is 16.7. The van der Waals surface area contributed by atoms with Crippen molar-refractivity contribution in [3.63, 3.8) is 0 Å². The molecular weight excluding hydrogens is 352 g/mol. The van der Waals surface area contributed by atoms with Gasteiger partial charge in [-0.2, -0.15) is 5.10 Å². The van der Waals surface area contributed by atoms with E-state index < -0.39 is 0 Å². The summed E-state index contributed by atoms with van der Waals surface area (Å²) in [6.45, 7) is 1.39. The van der Waals surface area contributed by atoms with Crippen LogP contribution in [0.25, 0.3) is 11.0 Å². The molecule has 2 aromatic carbocycles. The first-order chi connectivity index (χ1) is 13.8. The lowest BCUT2D eigenvalue weighted by molar-refractivity contribution is 0.0730. The molecule has 1 amide bonds. The van der Waals surface area contributed by atoms with E-state index in [4.69, 9.17) is 4.98 Å². The van der Waals surface area contributed by atoms with Crippen molar-refractivity contribution in [1.82, 2.24) is 29.6 Å². The molecule has 7 heteroatoms. The van der Waals surface area contributed by atoms with Crippen LogP contribution in [0.2, 0.25) is 0 Å². The third kappa shape index (κ3) is 3.05. The first-order valence-corrected chi connectivity index (χ1v) is 9.45. The van der Waals surface area contributed by atoms with Gasteiger partial charge in [0.2, 0.25) is 0 Å². The number of aromatic amines is 1. The molecule has 3 heterocycles. The number of likely N-dealkylation sites (tertiary alicyclic amines) is 1. The minimum Gasteiger partial charge on any atom is -0.340 e. The fraction of sp³-hybridized carbons (Fsp3) is 0.238. The second kappa shape index (κ2) is 6.92. The quantitative estimate of drug-likeness (QED) is 0.597. The van der Waals surface area contributed by atoms with E-state index in [2.05, 4.69) is 15.1 Å². The molecule has 1 unspecified atom stereocenters. The van der Waals surface area contributed by atoms with Crippen LogP contribution in [0.1, 0.15) is 40.6 Å². The van der Waals surface area contributed by atoms with Crippen molar-refractivity contribution in [3.05, 3.63) is 78.1 Å². The molecule has 140 valence electrons. The SMILES string of the molecule is O=C(c1ccc(Cn2cncn2)cc1)N1CCCC1c1nc2ccccc2[nH]1. The number of benzene rings is 2. The van der Waals surface area contributed by atoms with Crippen molar-refractivity contribution < 1.29 is 4.79 Å². The minimum atomic E-state index is -0.00488. The summed E-state index contributed by atoms with van der Waals surface area (Å²) >= 11 is 0. The average molecular weight is 372 g/mol. The lowest BCUT2D eigenvalue weighted by Crippen LogP contribution is -2.31. The molecule has 1 aliphatic heterocycles. The molecule has 1 N–H and O–H groups in total. The number of carbonyl (C=O) groups is 1. The van der Waals surface area contributed by atoms with Crippen LogP contribution < -0.4 is 0 Å². The number of nitrogens with zero attached hydrogens (tertiary/aromatic N) is 5. The summed E-state index contributed by atoms with van der Waals surface area (Å²) in [4.78, 5) is 27.1. The van der Waals surface area contributed by atoms with Gasteiger partial charge in [-0.25, -0.2) is 14.6 Å². The van der Waals surface area contributed by atoms with Crippen molar-refractivity contribution >= 4 is 16.9 Å². The number of imidazole rings is 1. The van der Waals surface area contributed by atoms with Gasteiger partial charge in [-0.15, -0.1) is 0 Å². The van der Waals surface area contributed by atoms with Crippen LogP contribution in [0, 0.1) is 0 Å². The van der Waals surface area contributed by atoms with Crippen molar-refractivity contribution in [1.29, 1.82) is 0 Å². The van der Waals surface area contributed by atoms with Crippen molar-refractivity contribution in [2.75, 3.05) is 6.54 Å². The van der Waals surface area contributed by atoms with Crippen LogP contribution in [0.4, 0.5) is 0 Å². The standard InChI is InChI=1S/C21H20N6O/c28-21(16-9-7-15(8-10-16)12-26-14-22-13-23-26)27-11-3-6-19(27)20-24-17-4-1-2-5-18(17)25-20/h1-2,4-5,7-10,13-14,19H,3,6,11-12H2,(H,24,25). The van der Waals surface area contributed by atoms with Gasteiger partial charge in [0.1, 0.15) is 18.5 Å². The van der Waals surface area contributed by atoms with Gasteiger partial charge in [-0.3, -0.25) is 4.79 Å². The molecule has 0 spiro atoms. The lowest BCUT2D eigenvalue weighted by Gasteiger charge is -2.23. The molecule has 0 saturated carbocycles. The van der Waals surface area contributed by atoms with E-state index in [1.54, 1.807) is 11.0 Å². The molecule has 5 rings (SSSR count). The Morgan fingerprint density at radius 3 is 2.79 bits per heavy atom. The zero-order valence-electron chi connectivity index (χ0n) is 15.3. The molecule has 28 heavy (non-hydrogen) atoms. The molecule has 1 aliphatic rings. The van der Waals surface area contributed by atoms with E-state index in [1.165, 1.54) is 6.33 Å². The van der Waals surface area contributed by atoms with E-state index in [1.807, 2.05) is 53.4 Å². The monoisotopic (exact) mass is 372 g/mol. The largest absolute Gasteiger partial charge is 0.340 e. The fourth-order valence-corrected chi connectivity index (χ4v) is 3.84. The highest BCUT2D eigenvalue weighted by Crippen LogP contribution is 2.32. The molecular formula is C21H20N6O. The van der Waals surface area contributed by atoms with Crippen LogP contribution in [0.15, 0.2) is 61.2 Å². The first-order valence-electron chi connectivity index (χ1n) is 9.45. The molecule has 7 nitrogen and oxygen atoms in total. The average Bonchev–Trinajstić information content (AvgIpc) is 3.47. The lowest BCUT2D eigenvalue weighted by atomic mass is 10.1. The third-order valence-corrected chi connectivity index (χ3v) is 5.25. The van der Waals surface area contributed by atoms with Gasteiger partial charge in [-0.05, 0) is 42.7 Å². The Balaban J connectivity index is 1.36. The zero-order chi connectivity index (χ0) is 18.9. The number of H-pyrrole nitrogens is 1. The third-order valence-electron chi connectivity index (χ3n) is 5.25. The molecule has 1 fully saturated rings. The Bertz CT molecular complexity index is 1070. The molecule has 2 aromatic heterocycles. The van der Waals surface area contributed by atoms with Gasteiger partial charge in [-0.1, -0.05) is 24.3 Å². The summed E-state index contributed by atoms with van der Waals surface area (Å²) in [7, 11) is 0. The molecule has 0 aliphatic carbocycles. The zero-order valence-corrected chi connectivity index (χ0v) is 15.3. The maximum absolute atomic E-state index is 13.1. The number of nitrogens with one attached hydrogen (secondary N) is 1. The maximum atomic E-state index is 13.1. The second-order valence-electron chi connectivity index (χ2n) is 7.09. The maximum Gasteiger partial charge on any atom is 0.254 e. The van der Waals surface area contributed by atoms with Gasteiger partial charge in [0.05, 0.1) is 23.6 Å². The summed E-state index contributed by atoms with van der Waals surface area (Å²) in [5, 5.41) is 4.11. The summed E-state index contributed by atoms with van der Waals surface area (Å²) < 4.78 is 1.76. The Labute approximate surface area is 162 Å². The predicted molar refractivity (Wildman–Crippen MR) is 105 cm³/mol. The Hall–Kier alpha value is -3.48. The minimum absolute atomic E-state index is 0.00488. The van der Waals surface area contributed by atoms with Crippen molar-refractivity contribution in [3.8, 4) is 0 Å². The summed E-state index contributed by atoms with van der Waals surface area (Å²) in [5.74, 6) is 0.921. The highest BCUT2D eigenvalue weighted by Gasteiger charge is 2.32. The number of amides is 1. The van der Waals surface area contributed by atoms with E-state index in [0.717, 1.165) is 41.8 Å². The fourth-order valence-electron chi connectivity index (χ4n) is 3.84. The number of fused-ring (bicyclic) bond motifs is 1. The number of aromatic nitrogens is 5. The van der Waals surface area contributed by atoms with Crippen molar-refractivity contribution in [2.45, 2.75) is 25.4 Å². The van der Waals surface area contributed by atoms with E-state index in [-0.39, 0.29) is 11.9 Å². The number of rotatable bonds is 4. The first kappa shape index (κ1) is 16.7. The smallest absolute Gasteiger partial charge is 0.254 e. The van der Waals surface area contributed by atoms with Crippen LogP contribution in [0.5, 0.6) is 0 Å². The second-order valence-corrected chi connectivity index (χ2v) is 7.09. The van der Waals surface area contributed by atoms with Gasteiger partial charge < -0.3 is 9.88 Å². The molecule has 0 bridgehead atoms. The highest BCUT2D eigenvalue weighted by molar-refractivity contribution is 5.94. The molecule has 0 radical (unpaired) electrons. The predicted octanol–water partition coefficient (Wildman–Crippen LogP) is 3.18. The van der Waals surface area contributed by atoms with Gasteiger partial charge in [0.25, 0.3) is 5.91 Å². The summed E-state index contributed by atoms with van der Waals surface area (Å²) in [6, 6.07) is 15.7. The van der Waals surface area contributed by atoms with Gasteiger partial charge >= 0.3 is 0 Å². The van der Waals surface area contributed by atoms with Crippen LogP contribution >= 0.6 is 0 Å². The van der Waals surface area contributed by atoms with Gasteiger partial charge in [0.15, 0.2) is 0 Å². The van der Waals surface area contributed by atoms with Gasteiger partial charge in [0, 0.05) is 12.1 Å². The van der Waals surface area contributed by atoms with E-state index >= 15 is 0 Å². The topological polar surface area (TPSA) is 79.7 Å².